The van der Waals surface area contributed by atoms with Crippen molar-refractivity contribution in [3.63, 3.8) is 0 Å². The molecule has 1 amide bonds. The van der Waals surface area contributed by atoms with Crippen molar-refractivity contribution in [3.05, 3.63) is 53.7 Å². The number of carbonyl (C=O) groups is 1. The first kappa shape index (κ1) is 11.6. The number of pyridine rings is 1. The van der Waals surface area contributed by atoms with Crippen molar-refractivity contribution in [2.45, 2.75) is 0 Å². The molecule has 0 radical (unpaired) electrons. The van der Waals surface area contributed by atoms with E-state index in [1.807, 2.05) is 6.07 Å². The van der Waals surface area contributed by atoms with Crippen LogP contribution in [0, 0.1) is 0 Å². The van der Waals surface area contributed by atoms with E-state index >= 15 is 0 Å². The molecule has 1 heterocycles. The molecule has 0 aliphatic heterocycles. The maximum Gasteiger partial charge on any atom is 0.253 e. The normalized spacial score (nSPS) is 10.2. The molecule has 1 aromatic heterocycles. The third-order valence-corrected chi connectivity index (χ3v) is 2.55. The fraction of sp³-hybridized carbons (Fsp3) is 0.0769. The van der Waals surface area contributed by atoms with Gasteiger partial charge in [-0.15, -0.1) is 6.58 Å². The Morgan fingerprint density at radius 1 is 1.47 bits per heavy atom. The first-order valence-corrected chi connectivity index (χ1v) is 5.53. The molecule has 0 atom stereocenters. The Morgan fingerprint density at radius 2 is 2.29 bits per heavy atom. The molecule has 0 saturated carbocycles. The second-order valence-corrected chi connectivity index (χ2v) is 4.00. The van der Waals surface area contributed by atoms with Crippen LogP contribution in [0.15, 0.2) is 43.1 Å². The summed E-state index contributed by atoms with van der Waals surface area (Å²) < 4.78 is 0. The minimum atomic E-state index is -0.158. The summed E-state index contributed by atoms with van der Waals surface area (Å²) in [5.74, 6) is -0.158. The highest BCUT2D eigenvalue weighted by Crippen LogP contribution is 2.18. The van der Waals surface area contributed by atoms with Crippen LogP contribution in [-0.2, 0) is 0 Å². The number of fused-ring (bicyclic) bond motifs is 1. The van der Waals surface area contributed by atoms with Crippen LogP contribution in [-0.4, -0.2) is 17.4 Å². The summed E-state index contributed by atoms with van der Waals surface area (Å²) in [6, 6.07) is 7.17. The van der Waals surface area contributed by atoms with E-state index in [4.69, 9.17) is 11.6 Å². The highest BCUT2D eigenvalue weighted by molar-refractivity contribution is 6.31. The first-order valence-electron chi connectivity index (χ1n) is 5.15. The predicted octanol–water partition coefficient (Wildman–Crippen LogP) is 2.80. The third-order valence-electron chi connectivity index (χ3n) is 2.32. The summed E-state index contributed by atoms with van der Waals surface area (Å²) in [4.78, 5) is 15.9. The van der Waals surface area contributed by atoms with E-state index in [1.165, 1.54) is 6.20 Å². The van der Waals surface area contributed by atoms with Gasteiger partial charge in [0, 0.05) is 23.2 Å². The van der Waals surface area contributed by atoms with E-state index in [0.29, 0.717) is 17.1 Å². The zero-order valence-corrected chi connectivity index (χ0v) is 9.87. The Kier molecular flexibility index (Phi) is 3.40. The number of nitrogens with zero attached hydrogens (tertiary/aromatic N) is 1. The van der Waals surface area contributed by atoms with E-state index in [0.717, 1.165) is 10.9 Å². The Bertz CT molecular complexity index is 581. The quantitative estimate of drug-likeness (QED) is 0.847. The van der Waals surface area contributed by atoms with Crippen LogP contribution in [0.25, 0.3) is 10.9 Å². The van der Waals surface area contributed by atoms with Crippen LogP contribution in [0.1, 0.15) is 10.4 Å². The molecule has 2 aromatic rings. The van der Waals surface area contributed by atoms with E-state index in [2.05, 4.69) is 16.9 Å². The van der Waals surface area contributed by atoms with Gasteiger partial charge in [-0.05, 0) is 18.2 Å². The molecule has 0 aliphatic rings. The first-order chi connectivity index (χ1) is 8.20. The van der Waals surface area contributed by atoms with Crippen molar-refractivity contribution in [1.82, 2.24) is 10.3 Å². The number of hydrogen-bond donors (Lipinski definition) is 1. The Morgan fingerprint density at radius 3 is 3.06 bits per heavy atom. The fourth-order valence-corrected chi connectivity index (χ4v) is 1.65. The monoisotopic (exact) mass is 246 g/mol. The Labute approximate surface area is 104 Å². The van der Waals surface area contributed by atoms with Gasteiger partial charge in [-0.2, -0.15) is 0 Å². The summed E-state index contributed by atoms with van der Waals surface area (Å²) in [5, 5.41) is 4.22. The minimum Gasteiger partial charge on any atom is -0.349 e. The van der Waals surface area contributed by atoms with Crippen LogP contribution in [0.4, 0.5) is 0 Å². The van der Waals surface area contributed by atoms with Gasteiger partial charge in [-0.1, -0.05) is 23.7 Å². The highest BCUT2D eigenvalue weighted by atomic mass is 35.5. The maximum atomic E-state index is 11.7. The average molecular weight is 247 g/mol. The summed E-state index contributed by atoms with van der Waals surface area (Å²) >= 11 is 5.86. The van der Waals surface area contributed by atoms with Gasteiger partial charge in [0.05, 0.1) is 11.1 Å². The number of aromatic nitrogens is 1. The molecular weight excluding hydrogens is 236 g/mol. The number of nitrogens with one attached hydrogen (secondary N) is 1. The second-order valence-electron chi connectivity index (χ2n) is 3.56. The summed E-state index contributed by atoms with van der Waals surface area (Å²) in [7, 11) is 0. The number of benzene rings is 1. The van der Waals surface area contributed by atoms with Crippen molar-refractivity contribution in [3.8, 4) is 0 Å². The second kappa shape index (κ2) is 4.97. The molecule has 0 unspecified atom stereocenters. The number of amides is 1. The van der Waals surface area contributed by atoms with Gasteiger partial charge < -0.3 is 5.32 Å². The maximum absolute atomic E-state index is 11.7. The molecule has 0 bridgehead atoms. The lowest BCUT2D eigenvalue weighted by atomic mass is 10.1. The van der Waals surface area contributed by atoms with Crippen LogP contribution in [0.3, 0.4) is 0 Å². The lowest BCUT2D eigenvalue weighted by Gasteiger charge is -2.03. The number of hydrogen-bond acceptors (Lipinski definition) is 2. The molecule has 1 N–H and O–H groups in total. The van der Waals surface area contributed by atoms with Crippen LogP contribution in [0.5, 0.6) is 0 Å². The van der Waals surface area contributed by atoms with Gasteiger partial charge in [0.1, 0.15) is 0 Å². The predicted molar refractivity (Wildman–Crippen MR) is 69.3 cm³/mol. The molecule has 0 spiro atoms. The molecule has 3 nitrogen and oxygen atoms in total. The molecule has 17 heavy (non-hydrogen) atoms. The van der Waals surface area contributed by atoms with Gasteiger partial charge in [0.15, 0.2) is 0 Å². The SMILES string of the molecule is C=CCNC(=O)c1cnc2cc(Cl)ccc2c1. The zero-order valence-electron chi connectivity index (χ0n) is 9.11. The molecular formula is C13H11ClN2O. The topological polar surface area (TPSA) is 42.0 Å². The Balaban J connectivity index is 2.34. The van der Waals surface area contributed by atoms with E-state index in [9.17, 15) is 4.79 Å². The lowest BCUT2D eigenvalue weighted by Crippen LogP contribution is -2.23. The lowest BCUT2D eigenvalue weighted by molar-refractivity contribution is 0.0958. The number of rotatable bonds is 3. The molecule has 0 aliphatic carbocycles. The van der Waals surface area contributed by atoms with Crippen LogP contribution in [0.2, 0.25) is 5.02 Å². The van der Waals surface area contributed by atoms with Crippen molar-refractivity contribution in [1.29, 1.82) is 0 Å². The molecule has 86 valence electrons. The Hall–Kier alpha value is -1.87. The molecule has 0 saturated heterocycles. The smallest absolute Gasteiger partial charge is 0.253 e. The van der Waals surface area contributed by atoms with Gasteiger partial charge in [0.2, 0.25) is 0 Å². The summed E-state index contributed by atoms with van der Waals surface area (Å²) in [6.45, 7) is 3.98. The van der Waals surface area contributed by atoms with E-state index in [-0.39, 0.29) is 5.91 Å². The van der Waals surface area contributed by atoms with E-state index in [1.54, 1.807) is 24.3 Å². The zero-order chi connectivity index (χ0) is 12.3. The number of carbonyl (C=O) groups excluding carboxylic acids is 1. The fourth-order valence-electron chi connectivity index (χ4n) is 1.49. The molecule has 0 fully saturated rings. The molecule has 4 heteroatoms. The van der Waals surface area contributed by atoms with Gasteiger partial charge in [0.25, 0.3) is 5.91 Å². The minimum absolute atomic E-state index is 0.158. The van der Waals surface area contributed by atoms with Crippen LogP contribution >= 0.6 is 11.6 Å². The van der Waals surface area contributed by atoms with Crippen molar-refractivity contribution < 1.29 is 4.79 Å². The van der Waals surface area contributed by atoms with Crippen molar-refractivity contribution >= 4 is 28.4 Å². The summed E-state index contributed by atoms with van der Waals surface area (Å²) in [5.41, 5.74) is 1.31. The van der Waals surface area contributed by atoms with Gasteiger partial charge in [-0.3, -0.25) is 9.78 Å². The highest BCUT2D eigenvalue weighted by Gasteiger charge is 2.06. The third kappa shape index (κ3) is 2.63. The average Bonchev–Trinajstić information content (AvgIpc) is 2.35. The largest absolute Gasteiger partial charge is 0.349 e. The molecule has 2 rings (SSSR count). The molecule has 1 aromatic carbocycles. The van der Waals surface area contributed by atoms with Gasteiger partial charge >= 0.3 is 0 Å². The van der Waals surface area contributed by atoms with Crippen molar-refractivity contribution in [2.24, 2.45) is 0 Å². The van der Waals surface area contributed by atoms with Crippen molar-refractivity contribution in [2.75, 3.05) is 6.54 Å². The standard InChI is InChI=1S/C13H11ClN2O/c1-2-5-15-13(17)10-6-9-3-4-11(14)7-12(9)16-8-10/h2-4,6-8H,1,5H2,(H,15,17). The summed E-state index contributed by atoms with van der Waals surface area (Å²) in [6.07, 6.45) is 3.17. The van der Waals surface area contributed by atoms with Crippen LogP contribution < -0.4 is 5.32 Å². The number of halogens is 1. The van der Waals surface area contributed by atoms with E-state index < -0.39 is 0 Å². The van der Waals surface area contributed by atoms with Gasteiger partial charge in [-0.25, -0.2) is 0 Å².